The van der Waals surface area contributed by atoms with Crippen LogP contribution in [0.3, 0.4) is 0 Å². The van der Waals surface area contributed by atoms with Gasteiger partial charge in [0.2, 0.25) is 0 Å². The summed E-state index contributed by atoms with van der Waals surface area (Å²) in [5.41, 5.74) is 1.63. The van der Waals surface area contributed by atoms with Crippen molar-refractivity contribution in [3.8, 4) is 0 Å². The molecule has 1 aliphatic rings. The monoisotopic (exact) mass is 222 g/mol. The van der Waals surface area contributed by atoms with E-state index in [9.17, 15) is 4.79 Å². The third kappa shape index (κ3) is 3.84. The van der Waals surface area contributed by atoms with E-state index in [1.165, 1.54) is 5.57 Å². The fourth-order valence-corrected chi connectivity index (χ4v) is 1.81. The van der Waals surface area contributed by atoms with Gasteiger partial charge in [0, 0.05) is 5.57 Å². The van der Waals surface area contributed by atoms with Crippen LogP contribution in [-0.4, -0.2) is 11.6 Å². The van der Waals surface area contributed by atoms with Crippen molar-refractivity contribution in [3.05, 3.63) is 23.8 Å². The molecule has 0 saturated heterocycles. The number of hydrogen-bond acceptors (Lipinski definition) is 2. The molecule has 1 atom stereocenters. The maximum absolute atomic E-state index is 11.8. The van der Waals surface area contributed by atoms with Crippen molar-refractivity contribution >= 4 is 5.97 Å². The van der Waals surface area contributed by atoms with Gasteiger partial charge in [0.1, 0.15) is 5.60 Å². The first-order chi connectivity index (χ1) is 7.29. The van der Waals surface area contributed by atoms with Crippen molar-refractivity contribution < 1.29 is 9.53 Å². The second kappa shape index (κ2) is 4.86. The molecule has 0 fully saturated rings. The van der Waals surface area contributed by atoms with Crippen molar-refractivity contribution in [3.63, 3.8) is 0 Å². The molecule has 0 unspecified atom stereocenters. The molecule has 2 nitrogen and oxygen atoms in total. The van der Waals surface area contributed by atoms with Crippen molar-refractivity contribution in [1.29, 1.82) is 0 Å². The zero-order valence-electron chi connectivity index (χ0n) is 10.8. The van der Waals surface area contributed by atoms with E-state index in [0.717, 1.165) is 24.8 Å². The molecule has 2 heteroatoms. The SMILES string of the molecule is C=C(C)[C@@H]1CC=C(C(=O)OC(C)(C)C)CC1. The summed E-state index contributed by atoms with van der Waals surface area (Å²) in [6, 6.07) is 0. The van der Waals surface area contributed by atoms with Crippen LogP contribution < -0.4 is 0 Å². The molecule has 1 aliphatic carbocycles. The predicted molar refractivity (Wildman–Crippen MR) is 66.1 cm³/mol. The highest BCUT2D eigenvalue weighted by Crippen LogP contribution is 2.29. The molecule has 0 heterocycles. The van der Waals surface area contributed by atoms with E-state index >= 15 is 0 Å². The molecule has 0 aliphatic heterocycles. The lowest BCUT2D eigenvalue weighted by molar-refractivity contribution is -0.150. The molecule has 1 rings (SSSR count). The van der Waals surface area contributed by atoms with Gasteiger partial charge in [-0.15, -0.1) is 0 Å². The summed E-state index contributed by atoms with van der Waals surface area (Å²) < 4.78 is 5.34. The smallest absolute Gasteiger partial charge is 0.334 e. The van der Waals surface area contributed by atoms with E-state index in [2.05, 4.69) is 13.5 Å². The topological polar surface area (TPSA) is 26.3 Å². The van der Waals surface area contributed by atoms with Gasteiger partial charge in [-0.3, -0.25) is 0 Å². The van der Waals surface area contributed by atoms with Crippen LogP contribution in [-0.2, 0) is 9.53 Å². The first-order valence-electron chi connectivity index (χ1n) is 5.87. The molecule has 0 spiro atoms. The quantitative estimate of drug-likeness (QED) is 0.527. The van der Waals surface area contributed by atoms with Gasteiger partial charge in [-0.1, -0.05) is 18.2 Å². The Morgan fingerprint density at radius 2 is 2.12 bits per heavy atom. The Labute approximate surface area is 98.4 Å². The zero-order chi connectivity index (χ0) is 12.3. The zero-order valence-corrected chi connectivity index (χ0v) is 10.8. The van der Waals surface area contributed by atoms with Crippen LogP contribution in [0, 0.1) is 5.92 Å². The largest absolute Gasteiger partial charge is 0.457 e. The van der Waals surface area contributed by atoms with Crippen LogP contribution in [0.5, 0.6) is 0 Å². The van der Waals surface area contributed by atoms with Gasteiger partial charge in [-0.05, 0) is 52.9 Å². The molecule has 90 valence electrons. The van der Waals surface area contributed by atoms with Gasteiger partial charge in [0.25, 0.3) is 0 Å². The molecule has 0 aromatic heterocycles. The lowest BCUT2D eigenvalue weighted by Crippen LogP contribution is -2.26. The fourth-order valence-electron chi connectivity index (χ4n) is 1.81. The number of ether oxygens (including phenoxy) is 1. The highest BCUT2D eigenvalue weighted by Gasteiger charge is 2.23. The molecular formula is C14H22O2. The van der Waals surface area contributed by atoms with Crippen molar-refractivity contribution in [2.45, 2.75) is 52.6 Å². The Kier molecular flexibility index (Phi) is 3.95. The van der Waals surface area contributed by atoms with Gasteiger partial charge in [-0.2, -0.15) is 0 Å². The third-order valence-corrected chi connectivity index (χ3v) is 2.77. The molecular weight excluding hydrogens is 200 g/mol. The highest BCUT2D eigenvalue weighted by atomic mass is 16.6. The van der Waals surface area contributed by atoms with E-state index in [1.807, 2.05) is 26.8 Å². The summed E-state index contributed by atoms with van der Waals surface area (Å²) in [6.45, 7) is 11.7. The minimum atomic E-state index is -0.400. The van der Waals surface area contributed by atoms with E-state index in [1.54, 1.807) is 0 Å². The Balaban J connectivity index is 2.58. The summed E-state index contributed by atoms with van der Waals surface area (Å²) in [7, 11) is 0. The van der Waals surface area contributed by atoms with Gasteiger partial charge in [0.15, 0.2) is 0 Å². The maximum atomic E-state index is 11.8. The summed E-state index contributed by atoms with van der Waals surface area (Å²) >= 11 is 0. The number of esters is 1. The van der Waals surface area contributed by atoms with Crippen LogP contribution >= 0.6 is 0 Å². The van der Waals surface area contributed by atoms with Crippen LogP contribution in [0.15, 0.2) is 23.8 Å². The van der Waals surface area contributed by atoms with Crippen molar-refractivity contribution in [2.75, 3.05) is 0 Å². The normalized spacial score (nSPS) is 21.2. The second-order valence-electron chi connectivity index (χ2n) is 5.55. The van der Waals surface area contributed by atoms with E-state index in [4.69, 9.17) is 4.74 Å². The van der Waals surface area contributed by atoms with E-state index in [0.29, 0.717) is 5.92 Å². The molecule has 0 radical (unpaired) electrons. The van der Waals surface area contributed by atoms with E-state index in [-0.39, 0.29) is 5.97 Å². The number of carbonyl (C=O) groups excluding carboxylic acids is 1. The average molecular weight is 222 g/mol. The Morgan fingerprint density at radius 3 is 2.50 bits per heavy atom. The molecule has 0 aromatic carbocycles. The second-order valence-corrected chi connectivity index (χ2v) is 5.55. The lowest BCUT2D eigenvalue weighted by Gasteiger charge is -2.24. The fraction of sp³-hybridized carbons (Fsp3) is 0.643. The summed E-state index contributed by atoms with van der Waals surface area (Å²) in [6.07, 6.45) is 4.76. The van der Waals surface area contributed by atoms with Gasteiger partial charge < -0.3 is 4.74 Å². The number of allylic oxidation sites excluding steroid dienone is 2. The maximum Gasteiger partial charge on any atom is 0.334 e. The Bertz CT molecular complexity index is 318. The van der Waals surface area contributed by atoms with Crippen molar-refractivity contribution in [2.24, 2.45) is 5.92 Å². The Morgan fingerprint density at radius 1 is 1.50 bits per heavy atom. The number of hydrogen-bond donors (Lipinski definition) is 0. The minimum absolute atomic E-state index is 0.160. The average Bonchev–Trinajstić information content (AvgIpc) is 2.15. The predicted octanol–water partition coefficient (Wildman–Crippen LogP) is 3.63. The van der Waals surface area contributed by atoms with Crippen LogP contribution in [0.4, 0.5) is 0 Å². The van der Waals surface area contributed by atoms with Gasteiger partial charge in [0.05, 0.1) is 0 Å². The van der Waals surface area contributed by atoms with Crippen LogP contribution in [0.25, 0.3) is 0 Å². The number of carbonyl (C=O) groups is 1. The molecule has 0 amide bonds. The third-order valence-electron chi connectivity index (χ3n) is 2.77. The van der Waals surface area contributed by atoms with Crippen LogP contribution in [0.2, 0.25) is 0 Å². The first kappa shape index (κ1) is 13.0. The lowest BCUT2D eigenvalue weighted by atomic mass is 9.85. The summed E-state index contributed by atoms with van der Waals surface area (Å²) in [5, 5.41) is 0. The minimum Gasteiger partial charge on any atom is -0.457 e. The molecule has 0 bridgehead atoms. The summed E-state index contributed by atoms with van der Waals surface area (Å²) in [4.78, 5) is 11.8. The standard InChI is InChI=1S/C14H22O2/c1-10(2)11-6-8-12(9-7-11)13(15)16-14(3,4)5/h8,11H,1,6-7,9H2,2-5H3/t11-/m1/s1. The Hall–Kier alpha value is -1.05. The van der Waals surface area contributed by atoms with E-state index < -0.39 is 5.60 Å². The van der Waals surface area contributed by atoms with Gasteiger partial charge in [-0.25, -0.2) is 4.79 Å². The van der Waals surface area contributed by atoms with Gasteiger partial charge >= 0.3 is 5.97 Å². The number of rotatable bonds is 2. The first-order valence-corrected chi connectivity index (χ1v) is 5.87. The van der Waals surface area contributed by atoms with Crippen molar-refractivity contribution in [1.82, 2.24) is 0 Å². The molecule has 0 N–H and O–H groups in total. The molecule has 0 saturated carbocycles. The highest BCUT2D eigenvalue weighted by molar-refractivity contribution is 5.88. The van der Waals surface area contributed by atoms with Crippen LogP contribution in [0.1, 0.15) is 47.0 Å². The summed E-state index contributed by atoms with van der Waals surface area (Å²) in [5.74, 6) is 0.374. The molecule has 0 aromatic rings. The molecule has 16 heavy (non-hydrogen) atoms.